The molecule has 5 rings (SSSR count). The van der Waals surface area contributed by atoms with Crippen molar-refractivity contribution in [2.24, 2.45) is 0 Å². The topological polar surface area (TPSA) is 34.6 Å². The maximum Gasteiger partial charge on any atom is 0.495 e. The Labute approximate surface area is 190 Å². The van der Waals surface area contributed by atoms with Gasteiger partial charge in [-0.15, -0.1) is 0 Å². The van der Waals surface area contributed by atoms with Gasteiger partial charge in [-0.2, -0.15) is 0 Å². The minimum absolute atomic E-state index is 0.426. The molecule has 0 N–H and O–H groups in total. The van der Waals surface area contributed by atoms with Gasteiger partial charge in [0.25, 0.3) is 0 Å². The zero-order chi connectivity index (χ0) is 22.7. The first-order valence-corrected chi connectivity index (χ1v) is 11.1. The third kappa shape index (κ3) is 3.19. The Bertz CT molecular complexity index is 1310. The fourth-order valence-electron chi connectivity index (χ4n) is 4.49. The van der Waals surface area contributed by atoms with Crippen molar-refractivity contribution in [3.05, 3.63) is 66.9 Å². The third-order valence-electron chi connectivity index (χ3n) is 6.95. The van der Waals surface area contributed by atoms with Crippen LogP contribution in [-0.4, -0.2) is 37.4 Å². The second-order valence-electron chi connectivity index (χ2n) is 9.77. The van der Waals surface area contributed by atoms with Crippen molar-refractivity contribution in [3.8, 4) is 11.3 Å². The first-order chi connectivity index (χ1) is 15.2. The SMILES string of the molecule is CN(C)c1cc(B2OC(C)(C)C(C)(C)O2)c(-c2nccc3ccccc23)c2ccccc12. The van der Waals surface area contributed by atoms with Crippen LogP contribution in [0.3, 0.4) is 0 Å². The van der Waals surface area contributed by atoms with E-state index in [2.05, 4.69) is 107 Å². The molecule has 32 heavy (non-hydrogen) atoms. The van der Waals surface area contributed by atoms with Crippen LogP contribution in [0.25, 0.3) is 32.8 Å². The van der Waals surface area contributed by atoms with Gasteiger partial charge in [-0.05, 0) is 56.1 Å². The quantitative estimate of drug-likeness (QED) is 0.412. The average Bonchev–Trinajstić information content (AvgIpc) is 2.99. The molecule has 0 aliphatic carbocycles. The molecule has 0 radical (unpaired) electrons. The predicted molar refractivity (Wildman–Crippen MR) is 135 cm³/mol. The first kappa shape index (κ1) is 21.0. The summed E-state index contributed by atoms with van der Waals surface area (Å²) in [6.07, 6.45) is 1.89. The molecule has 0 atom stereocenters. The molecule has 1 fully saturated rings. The van der Waals surface area contributed by atoms with Crippen molar-refractivity contribution < 1.29 is 9.31 Å². The molecule has 1 aromatic heterocycles. The molecule has 4 aromatic rings. The molecule has 0 amide bonds. The largest absolute Gasteiger partial charge is 0.495 e. The molecule has 2 heterocycles. The molecule has 0 spiro atoms. The number of anilines is 1. The van der Waals surface area contributed by atoms with Gasteiger partial charge in [0.15, 0.2) is 0 Å². The van der Waals surface area contributed by atoms with Gasteiger partial charge < -0.3 is 14.2 Å². The molecule has 0 saturated carbocycles. The van der Waals surface area contributed by atoms with Gasteiger partial charge in [0.05, 0.1) is 16.9 Å². The van der Waals surface area contributed by atoms with Crippen molar-refractivity contribution >= 4 is 39.8 Å². The zero-order valence-corrected chi connectivity index (χ0v) is 19.6. The second kappa shape index (κ2) is 7.33. The van der Waals surface area contributed by atoms with Crippen molar-refractivity contribution in [3.63, 3.8) is 0 Å². The van der Waals surface area contributed by atoms with Gasteiger partial charge in [0.1, 0.15) is 0 Å². The molecule has 5 heteroatoms. The normalized spacial score (nSPS) is 17.2. The van der Waals surface area contributed by atoms with Crippen LogP contribution < -0.4 is 10.4 Å². The highest BCUT2D eigenvalue weighted by Gasteiger charge is 2.52. The Morgan fingerprint density at radius 3 is 2.03 bits per heavy atom. The van der Waals surface area contributed by atoms with Gasteiger partial charge in [-0.1, -0.05) is 48.5 Å². The number of hydrogen-bond donors (Lipinski definition) is 0. The van der Waals surface area contributed by atoms with Crippen LogP contribution in [0.4, 0.5) is 5.69 Å². The summed E-state index contributed by atoms with van der Waals surface area (Å²) >= 11 is 0. The van der Waals surface area contributed by atoms with E-state index >= 15 is 0 Å². The maximum absolute atomic E-state index is 6.54. The van der Waals surface area contributed by atoms with Crippen LogP contribution in [0, 0.1) is 0 Å². The van der Waals surface area contributed by atoms with Crippen molar-refractivity contribution in [2.45, 2.75) is 38.9 Å². The van der Waals surface area contributed by atoms with Gasteiger partial charge in [-0.25, -0.2) is 0 Å². The zero-order valence-electron chi connectivity index (χ0n) is 19.6. The molecule has 0 unspecified atom stereocenters. The fourth-order valence-corrected chi connectivity index (χ4v) is 4.49. The van der Waals surface area contributed by atoms with Crippen molar-refractivity contribution in [1.29, 1.82) is 0 Å². The van der Waals surface area contributed by atoms with Crippen LogP contribution in [-0.2, 0) is 9.31 Å². The van der Waals surface area contributed by atoms with E-state index in [1.807, 2.05) is 6.20 Å². The third-order valence-corrected chi connectivity index (χ3v) is 6.95. The molecule has 1 aliphatic rings. The van der Waals surface area contributed by atoms with E-state index in [1.165, 1.54) is 5.39 Å². The number of hydrogen-bond acceptors (Lipinski definition) is 4. The molecule has 0 bridgehead atoms. The Morgan fingerprint density at radius 2 is 1.38 bits per heavy atom. The number of rotatable bonds is 3. The van der Waals surface area contributed by atoms with E-state index in [9.17, 15) is 0 Å². The van der Waals surface area contributed by atoms with Crippen LogP contribution in [0.2, 0.25) is 0 Å². The first-order valence-electron chi connectivity index (χ1n) is 11.1. The van der Waals surface area contributed by atoms with E-state index in [1.54, 1.807) is 0 Å². The summed E-state index contributed by atoms with van der Waals surface area (Å²) < 4.78 is 13.1. The van der Waals surface area contributed by atoms with Crippen LogP contribution >= 0.6 is 0 Å². The number of nitrogens with zero attached hydrogens (tertiary/aromatic N) is 2. The van der Waals surface area contributed by atoms with Gasteiger partial charge >= 0.3 is 7.12 Å². The standard InChI is InChI=1S/C27H29BN2O2/c1-26(2)27(3,4)32-28(31-26)22-17-23(30(5)6)20-13-9-10-14-21(20)24(22)25-19-12-8-7-11-18(19)15-16-29-25/h7-17H,1-6H3. The fraction of sp³-hybridized carbons (Fsp3) is 0.296. The van der Waals surface area contributed by atoms with E-state index in [4.69, 9.17) is 14.3 Å². The number of fused-ring (bicyclic) bond motifs is 2. The van der Waals surface area contributed by atoms with E-state index in [-0.39, 0.29) is 0 Å². The highest BCUT2D eigenvalue weighted by atomic mass is 16.7. The Hall–Kier alpha value is -2.89. The lowest BCUT2D eigenvalue weighted by molar-refractivity contribution is 0.00578. The monoisotopic (exact) mass is 424 g/mol. The molecule has 162 valence electrons. The van der Waals surface area contributed by atoms with Gasteiger partial charge in [0.2, 0.25) is 0 Å². The predicted octanol–water partition coefficient (Wildman–Crippen LogP) is 5.42. The summed E-state index contributed by atoms with van der Waals surface area (Å²) in [6, 6.07) is 21.2. The number of pyridine rings is 1. The maximum atomic E-state index is 6.54. The summed E-state index contributed by atoms with van der Waals surface area (Å²) in [4.78, 5) is 7.03. The summed E-state index contributed by atoms with van der Waals surface area (Å²) in [5.74, 6) is 0. The second-order valence-corrected chi connectivity index (χ2v) is 9.77. The van der Waals surface area contributed by atoms with Gasteiger partial charge in [0, 0.05) is 42.3 Å². The number of aromatic nitrogens is 1. The summed E-state index contributed by atoms with van der Waals surface area (Å²) in [7, 11) is 3.66. The highest BCUT2D eigenvalue weighted by molar-refractivity contribution is 6.65. The molecule has 4 nitrogen and oxygen atoms in total. The molecule has 3 aromatic carbocycles. The van der Waals surface area contributed by atoms with Crippen molar-refractivity contribution in [2.75, 3.05) is 19.0 Å². The number of benzene rings is 3. The van der Waals surface area contributed by atoms with E-state index in [0.717, 1.165) is 38.6 Å². The summed E-state index contributed by atoms with van der Waals surface area (Å²) in [6.45, 7) is 8.38. The minimum atomic E-state index is -0.487. The Kier molecular flexibility index (Phi) is 4.81. The molecule has 1 aliphatic heterocycles. The van der Waals surface area contributed by atoms with Crippen molar-refractivity contribution in [1.82, 2.24) is 4.98 Å². The summed E-state index contributed by atoms with van der Waals surface area (Å²) in [5, 5.41) is 4.61. The molecule has 1 saturated heterocycles. The lowest BCUT2D eigenvalue weighted by Gasteiger charge is -2.32. The Morgan fingerprint density at radius 1 is 0.781 bits per heavy atom. The van der Waals surface area contributed by atoms with E-state index in [0.29, 0.717) is 0 Å². The lowest BCUT2D eigenvalue weighted by atomic mass is 9.72. The molecular formula is C27H29BN2O2. The van der Waals surface area contributed by atoms with Crippen LogP contribution in [0.5, 0.6) is 0 Å². The average molecular weight is 424 g/mol. The van der Waals surface area contributed by atoms with Crippen LogP contribution in [0.15, 0.2) is 66.9 Å². The smallest absolute Gasteiger partial charge is 0.399 e. The minimum Gasteiger partial charge on any atom is -0.399 e. The Balaban J connectivity index is 1.88. The van der Waals surface area contributed by atoms with Gasteiger partial charge in [-0.3, -0.25) is 4.98 Å². The van der Waals surface area contributed by atoms with E-state index < -0.39 is 18.3 Å². The lowest BCUT2D eigenvalue weighted by Crippen LogP contribution is -2.41. The summed E-state index contributed by atoms with van der Waals surface area (Å²) in [5.41, 5.74) is 3.32. The van der Waals surface area contributed by atoms with Crippen LogP contribution in [0.1, 0.15) is 27.7 Å². The highest BCUT2D eigenvalue weighted by Crippen LogP contribution is 2.40. The molecular weight excluding hydrogens is 395 g/mol.